The van der Waals surface area contributed by atoms with Crippen molar-refractivity contribution in [3.8, 4) is 0 Å². The average Bonchev–Trinajstić information content (AvgIpc) is 2.81. The second-order valence-corrected chi connectivity index (χ2v) is 5.84. The molecule has 1 aliphatic heterocycles. The van der Waals surface area contributed by atoms with Gasteiger partial charge in [-0.3, -0.25) is 4.90 Å². The molecule has 1 saturated heterocycles. The highest BCUT2D eigenvalue weighted by Gasteiger charge is 2.24. The van der Waals surface area contributed by atoms with Gasteiger partial charge in [0.05, 0.1) is 0 Å². The monoisotopic (exact) mass is 246 g/mol. The molecule has 1 fully saturated rings. The summed E-state index contributed by atoms with van der Waals surface area (Å²) in [6.45, 7) is 9.03. The van der Waals surface area contributed by atoms with E-state index in [4.69, 9.17) is 5.73 Å². The Labute approximate surface area is 111 Å². The van der Waals surface area contributed by atoms with Crippen LogP contribution in [0, 0.1) is 11.8 Å². The summed E-state index contributed by atoms with van der Waals surface area (Å²) >= 11 is 0. The molecule has 0 amide bonds. The zero-order chi connectivity index (χ0) is 13.0. The molecule has 2 nitrogen and oxygen atoms in total. The van der Waals surface area contributed by atoms with Crippen LogP contribution in [0.3, 0.4) is 0 Å². The molecule has 2 heteroatoms. The molecule has 100 valence electrons. The van der Waals surface area contributed by atoms with E-state index in [0.717, 1.165) is 31.3 Å². The maximum absolute atomic E-state index is 5.69. The van der Waals surface area contributed by atoms with Crippen molar-refractivity contribution in [2.75, 3.05) is 19.6 Å². The molecular weight excluding hydrogens is 220 g/mol. The van der Waals surface area contributed by atoms with E-state index < -0.39 is 0 Å². The van der Waals surface area contributed by atoms with Crippen molar-refractivity contribution in [3.63, 3.8) is 0 Å². The van der Waals surface area contributed by atoms with E-state index in [9.17, 15) is 0 Å². The molecule has 0 aromatic heterocycles. The predicted molar refractivity (Wildman–Crippen MR) is 77.4 cm³/mol. The molecule has 1 atom stereocenters. The van der Waals surface area contributed by atoms with E-state index in [2.05, 4.69) is 43.0 Å². The Kier molecular flexibility index (Phi) is 4.79. The van der Waals surface area contributed by atoms with Crippen LogP contribution in [0.1, 0.15) is 31.4 Å². The van der Waals surface area contributed by atoms with E-state index in [0.29, 0.717) is 0 Å². The smallest absolute Gasteiger partial charge is 0.0236 e. The average molecular weight is 246 g/mol. The van der Waals surface area contributed by atoms with Crippen molar-refractivity contribution in [2.24, 2.45) is 17.6 Å². The maximum atomic E-state index is 5.69. The number of rotatable bonds is 5. The van der Waals surface area contributed by atoms with Crippen molar-refractivity contribution >= 4 is 0 Å². The molecule has 0 spiro atoms. The van der Waals surface area contributed by atoms with Crippen LogP contribution < -0.4 is 5.73 Å². The largest absolute Gasteiger partial charge is 0.330 e. The Morgan fingerprint density at radius 3 is 2.61 bits per heavy atom. The molecule has 18 heavy (non-hydrogen) atoms. The predicted octanol–water partition coefficient (Wildman–Crippen LogP) is 2.67. The van der Waals surface area contributed by atoms with Crippen molar-refractivity contribution in [1.29, 1.82) is 0 Å². The lowest BCUT2D eigenvalue weighted by atomic mass is 9.95. The van der Waals surface area contributed by atoms with E-state index >= 15 is 0 Å². The zero-order valence-corrected chi connectivity index (χ0v) is 11.7. The highest BCUT2D eigenvalue weighted by atomic mass is 15.1. The number of hydrogen-bond acceptors (Lipinski definition) is 2. The molecule has 1 heterocycles. The molecule has 2 N–H and O–H groups in total. The van der Waals surface area contributed by atoms with Crippen LogP contribution in [0.2, 0.25) is 0 Å². The van der Waals surface area contributed by atoms with Crippen molar-refractivity contribution < 1.29 is 0 Å². The van der Waals surface area contributed by atoms with E-state index in [1.807, 2.05) is 0 Å². The standard InChI is InChI=1S/C16H26N2/c1-13(2)15-8-10-18(11-15)12-16-6-4-3-5-14(16)7-9-17/h3-6,13,15H,7-12,17H2,1-2H3. The summed E-state index contributed by atoms with van der Waals surface area (Å²) in [6, 6.07) is 8.74. The molecule has 0 radical (unpaired) electrons. The second kappa shape index (κ2) is 6.35. The van der Waals surface area contributed by atoms with Gasteiger partial charge >= 0.3 is 0 Å². The Bertz CT molecular complexity index is 373. The molecule has 1 unspecified atom stereocenters. The van der Waals surface area contributed by atoms with E-state index in [-0.39, 0.29) is 0 Å². The summed E-state index contributed by atoms with van der Waals surface area (Å²) in [7, 11) is 0. The normalized spacial score (nSPS) is 20.8. The molecule has 0 bridgehead atoms. The minimum absolute atomic E-state index is 0.742. The third-order valence-electron chi connectivity index (χ3n) is 4.18. The minimum atomic E-state index is 0.742. The molecule has 1 aromatic rings. The molecule has 0 aliphatic carbocycles. The summed E-state index contributed by atoms with van der Waals surface area (Å²) in [4.78, 5) is 2.60. The van der Waals surface area contributed by atoms with Gasteiger partial charge in [-0.25, -0.2) is 0 Å². The first-order valence-electron chi connectivity index (χ1n) is 7.20. The fourth-order valence-corrected chi connectivity index (χ4v) is 2.90. The summed E-state index contributed by atoms with van der Waals surface area (Å²) in [5, 5.41) is 0. The lowest BCUT2D eigenvalue weighted by molar-refractivity contribution is 0.296. The van der Waals surface area contributed by atoms with Gasteiger partial charge in [0.25, 0.3) is 0 Å². The summed E-state index contributed by atoms with van der Waals surface area (Å²) in [5.74, 6) is 1.70. The van der Waals surface area contributed by atoms with Gasteiger partial charge in [0.1, 0.15) is 0 Å². The first kappa shape index (κ1) is 13.6. The topological polar surface area (TPSA) is 29.3 Å². The Balaban J connectivity index is 1.98. The maximum Gasteiger partial charge on any atom is 0.0236 e. The van der Waals surface area contributed by atoms with Gasteiger partial charge in [0.2, 0.25) is 0 Å². The summed E-state index contributed by atoms with van der Waals surface area (Å²) in [5.41, 5.74) is 8.57. The highest BCUT2D eigenvalue weighted by Crippen LogP contribution is 2.25. The number of benzene rings is 1. The lowest BCUT2D eigenvalue weighted by Gasteiger charge is -2.19. The van der Waals surface area contributed by atoms with Crippen LogP contribution in [0.5, 0.6) is 0 Å². The molecule has 1 aliphatic rings. The summed E-state index contributed by atoms with van der Waals surface area (Å²) in [6.07, 6.45) is 2.36. The first-order chi connectivity index (χ1) is 8.70. The van der Waals surface area contributed by atoms with Gasteiger partial charge in [0, 0.05) is 13.1 Å². The van der Waals surface area contributed by atoms with E-state index in [1.165, 1.54) is 30.6 Å². The van der Waals surface area contributed by atoms with Crippen LogP contribution in [-0.4, -0.2) is 24.5 Å². The zero-order valence-electron chi connectivity index (χ0n) is 11.7. The first-order valence-corrected chi connectivity index (χ1v) is 7.20. The number of nitrogens with two attached hydrogens (primary N) is 1. The van der Waals surface area contributed by atoms with Crippen molar-refractivity contribution in [1.82, 2.24) is 4.90 Å². The molecule has 2 rings (SSSR count). The van der Waals surface area contributed by atoms with Gasteiger partial charge in [-0.1, -0.05) is 38.1 Å². The Hall–Kier alpha value is -0.860. The van der Waals surface area contributed by atoms with Crippen molar-refractivity contribution in [2.45, 2.75) is 33.2 Å². The Morgan fingerprint density at radius 1 is 1.28 bits per heavy atom. The molecule has 0 saturated carbocycles. The van der Waals surface area contributed by atoms with Gasteiger partial charge in [0.15, 0.2) is 0 Å². The third kappa shape index (κ3) is 3.33. The number of hydrogen-bond donors (Lipinski definition) is 1. The fraction of sp³-hybridized carbons (Fsp3) is 0.625. The minimum Gasteiger partial charge on any atom is -0.330 e. The van der Waals surface area contributed by atoms with Gasteiger partial charge in [-0.2, -0.15) is 0 Å². The van der Waals surface area contributed by atoms with Crippen molar-refractivity contribution in [3.05, 3.63) is 35.4 Å². The lowest BCUT2D eigenvalue weighted by Crippen LogP contribution is -2.22. The molecular formula is C16H26N2. The van der Waals surface area contributed by atoms with Crippen LogP contribution >= 0.6 is 0 Å². The van der Waals surface area contributed by atoms with Crippen LogP contribution in [0.4, 0.5) is 0 Å². The van der Waals surface area contributed by atoms with Gasteiger partial charge < -0.3 is 5.73 Å². The number of nitrogens with zero attached hydrogens (tertiary/aromatic N) is 1. The highest BCUT2D eigenvalue weighted by molar-refractivity contribution is 5.27. The van der Waals surface area contributed by atoms with Gasteiger partial charge in [-0.15, -0.1) is 0 Å². The SMILES string of the molecule is CC(C)C1CCN(Cc2ccccc2CCN)C1. The van der Waals surface area contributed by atoms with Crippen LogP contribution in [0.25, 0.3) is 0 Å². The number of likely N-dealkylation sites (tertiary alicyclic amines) is 1. The second-order valence-electron chi connectivity index (χ2n) is 5.84. The quantitative estimate of drug-likeness (QED) is 0.865. The summed E-state index contributed by atoms with van der Waals surface area (Å²) < 4.78 is 0. The third-order valence-corrected chi connectivity index (χ3v) is 4.18. The fourth-order valence-electron chi connectivity index (χ4n) is 2.90. The van der Waals surface area contributed by atoms with Crippen LogP contribution in [-0.2, 0) is 13.0 Å². The Morgan fingerprint density at radius 2 is 2.00 bits per heavy atom. The van der Waals surface area contributed by atoms with Crippen LogP contribution in [0.15, 0.2) is 24.3 Å². The van der Waals surface area contributed by atoms with Gasteiger partial charge in [-0.05, 0) is 48.9 Å². The van der Waals surface area contributed by atoms with E-state index in [1.54, 1.807) is 0 Å². The molecule has 1 aromatic carbocycles.